The van der Waals surface area contributed by atoms with E-state index in [2.05, 4.69) is 5.32 Å². The molecule has 0 saturated carbocycles. The van der Waals surface area contributed by atoms with Gasteiger partial charge >= 0.3 is 5.97 Å². The summed E-state index contributed by atoms with van der Waals surface area (Å²) in [6, 6.07) is -0.451. The highest BCUT2D eigenvalue weighted by molar-refractivity contribution is 5.73. The molecule has 1 unspecified atom stereocenters. The van der Waals surface area contributed by atoms with Gasteiger partial charge in [0, 0.05) is 26.9 Å². The summed E-state index contributed by atoms with van der Waals surface area (Å²) in [5, 5.41) is 11.8. The summed E-state index contributed by atoms with van der Waals surface area (Å²) in [7, 11) is 1.66. The Morgan fingerprint density at radius 2 is 2.12 bits per heavy atom. The number of methoxy groups -OCH3 is 1. The van der Waals surface area contributed by atoms with E-state index in [0.29, 0.717) is 32.8 Å². The maximum absolute atomic E-state index is 10.8. The van der Waals surface area contributed by atoms with E-state index in [1.165, 1.54) is 0 Å². The first-order valence-corrected chi connectivity index (χ1v) is 5.75. The zero-order valence-corrected chi connectivity index (χ0v) is 10.2. The highest BCUT2D eigenvalue weighted by atomic mass is 16.5. The smallest absolute Gasteiger partial charge is 0.320 e. The van der Waals surface area contributed by atoms with Crippen LogP contribution in [-0.4, -0.2) is 50.6 Å². The van der Waals surface area contributed by atoms with Crippen molar-refractivity contribution in [3.8, 4) is 0 Å². The third-order valence-corrected chi connectivity index (χ3v) is 2.15. The molecule has 0 aromatic heterocycles. The molecule has 0 aliphatic rings. The van der Waals surface area contributed by atoms with Crippen LogP contribution in [0.3, 0.4) is 0 Å². The largest absolute Gasteiger partial charge is 0.480 e. The highest BCUT2D eigenvalue weighted by Gasteiger charge is 2.14. The minimum atomic E-state index is -0.791. The van der Waals surface area contributed by atoms with Crippen molar-refractivity contribution in [1.82, 2.24) is 5.32 Å². The van der Waals surface area contributed by atoms with E-state index >= 15 is 0 Å². The molecular formula is C11H23NO4. The number of nitrogens with one attached hydrogen (secondary N) is 1. The number of hydrogen-bond acceptors (Lipinski definition) is 4. The van der Waals surface area contributed by atoms with E-state index in [0.717, 1.165) is 12.8 Å². The fourth-order valence-electron chi connectivity index (χ4n) is 1.31. The number of carboxylic acid groups (broad SMARTS) is 1. The topological polar surface area (TPSA) is 67.8 Å². The minimum Gasteiger partial charge on any atom is -0.480 e. The average Bonchev–Trinajstić information content (AvgIpc) is 2.26. The number of carbonyl (C=O) groups is 1. The van der Waals surface area contributed by atoms with E-state index < -0.39 is 12.0 Å². The van der Waals surface area contributed by atoms with Crippen LogP contribution in [0.2, 0.25) is 0 Å². The van der Waals surface area contributed by atoms with E-state index in [-0.39, 0.29) is 0 Å². The minimum absolute atomic E-state index is 0.451. The molecular weight excluding hydrogens is 210 g/mol. The van der Waals surface area contributed by atoms with Crippen LogP contribution < -0.4 is 5.32 Å². The Kier molecular flexibility index (Phi) is 10.4. The van der Waals surface area contributed by atoms with Crippen molar-refractivity contribution in [2.24, 2.45) is 0 Å². The predicted octanol–water partition coefficient (Wildman–Crippen LogP) is 0.882. The van der Waals surface area contributed by atoms with Gasteiger partial charge in [-0.2, -0.15) is 0 Å². The van der Waals surface area contributed by atoms with Gasteiger partial charge in [0.25, 0.3) is 0 Å². The molecule has 0 fully saturated rings. The molecule has 5 heteroatoms. The van der Waals surface area contributed by atoms with Crippen molar-refractivity contribution in [2.75, 3.05) is 33.5 Å². The fourth-order valence-corrected chi connectivity index (χ4v) is 1.31. The summed E-state index contributed by atoms with van der Waals surface area (Å²) in [6.45, 7) is 4.43. The normalized spacial score (nSPS) is 12.6. The fraction of sp³-hybridized carbons (Fsp3) is 0.909. The number of aliphatic carboxylic acids is 1. The van der Waals surface area contributed by atoms with Gasteiger partial charge in [0.05, 0.1) is 6.61 Å². The zero-order chi connectivity index (χ0) is 12.2. The van der Waals surface area contributed by atoms with Crippen molar-refractivity contribution < 1.29 is 19.4 Å². The monoisotopic (exact) mass is 233 g/mol. The molecule has 0 bridgehead atoms. The van der Waals surface area contributed by atoms with Crippen molar-refractivity contribution in [3.63, 3.8) is 0 Å². The molecule has 0 aliphatic carbocycles. The third kappa shape index (κ3) is 8.64. The van der Waals surface area contributed by atoms with Crippen LogP contribution in [0.1, 0.15) is 26.2 Å². The van der Waals surface area contributed by atoms with Crippen LogP contribution in [0.5, 0.6) is 0 Å². The molecule has 16 heavy (non-hydrogen) atoms. The van der Waals surface area contributed by atoms with Gasteiger partial charge in [0.1, 0.15) is 6.04 Å². The van der Waals surface area contributed by atoms with Crippen molar-refractivity contribution in [1.29, 1.82) is 0 Å². The SMILES string of the molecule is CCCC(NCCOCCCOC)C(=O)O. The van der Waals surface area contributed by atoms with Gasteiger partial charge in [-0.25, -0.2) is 0 Å². The van der Waals surface area contributed by atoms with Gasteiger partial charge in [0.15, 0.2) is 0 Å². The molecule has 0 spiro atoms. The Bertz CT molecular complexity index is 175. The van der Waals surface area contributed by atoms with E-state index in [1.807, 2.05) is 6.92 Å². The summed E-state index contributed by atoms with van der Waals surface area (Å²) in [5.74, 6) is -0.791. The van der Waals surface area contributed by atoms with Crippen molar-refractivity contribution in [2.45, 2.75) is 32.2 Å². The number of rotatable bonds is 11. The quantitative estimate of drug-likeness (QED) is 0.519. The van der Waals surface area contributed by atoms with Crippen LogP contribution in [0, 0.1) is 0 Å². The second kappa shape index (κ2) is 10.9. The van der Waals surface area contributed by atoms with Crippen LogP contribution in [0.4, 0.5) is 0 Å². The zero-order valence-electron chi connectivity index (χ0n) is 10.2. The number of ether oxygens (including phenoxy) is 2. The lowest BCUT2D eigenvalue weighted by Gasteiger charge is -2.13. The summed E-state index contributed by atoms with van der Waals surface area (Å²) in [6.07, 6.45) is 2.38. The van der Waals surface area contributed by atoms with Crippen molar-refractivity contribution in [3.05, 3.63) is 0 Å². The second-order valence-corrected chi connectivity index (χ2v) is 3.59. The Hall–Kier alpha value is -0.650. The average molecular weight is 233 g/mol. The maximum Gasteiger partial charge on any atom is 0.320 e. The van der Waals surface area contributed by atoms with Crippen molar-refractivity contribution >= 4 is 5.97 Å². The Morgan fingerprint density at radius 3 is 2.69 bits per heavy atom. The first kappa shape index (κ1) is 15.3. The molecule has 0 saturated heterocycles. The van der Waals surface area contributed by atoms with Gasteiger partial charge in [-0.15, -0.1) is 0 Å². The summed E-state index contributed by atoms with van der Waals surface area (Å²) in [4.78, 5) is 10.8. The van der Waals surface area contributed by atoms with E-state index in [4.69, 9.17) is 14.6 Å². The van der Waals surface area contributed by atoms with E-state index in [1.54, 1.807) is 7.11 Å². The lowest BCUT2D eigenvalue weighted by molar-refractivity contribution is -0.139. The van der Waals surface area contributed by atoms with Gasteiger partial charge in [-0.3, -0.25) is 4.79 Å². The van der Waals surface area contributed by atoms with Crippen LogP contribution in [-0.2, 0) is 14.3 Å². The van der Waals surface area contributed by atoms with Gasteiger partial charge in [-0.05, 0) is 12.8 Å². The molecule has 2 N–H and O–H groups in total. The molecule has 0 radical (unpaired) electrons. The second-order valence-electron chi connectivity index (χ2n) is 3.59. The first-order valence-electron chi connectivity index (χ1n) is 5.75. The first-order chi connectivity index (χ1) is 7.72. The van der Waals surface area contributed by atoms with Crippen LogP contribution in [0.15, 0.2) is 0 Å². The van der Waals surface area contributed by atoms with Crippen LogP contribution >= 0.6 is 0 Å². The summed E-state index contributed by atoms with van der Waals surface area (Å²) >= 11 is 0. The summed E-state index contributed by atoms with van der Waals surface area (Å²) in [5.41, 5.74) is 0. The molecule has 0 aliphatic heterocycles. The molecule has 0 heterocycles. The molecule has 5 nitrogen and oxygen atoms in total. The Morgan fingerprint density at radius 1 is 1.38 bits per heavy atom. The molecule has 0 amide bonds. The molecule has 0 aromatic rings. The van der Waals surface area contributed by atoms with Crippen LogP contribution in [0.25, 0.3) is 0 Å². The third-order valence-electron chi connectivity index (χ3n) is 2.15. The Labute approximate surface area is 97.1 Å². The molecule has 0 rings (SSSR count). The lowest BCUT2D eigenvalue weighted by Crippen LogP contribution is -2.38. The van der Waals surface area contributed by atoms with E-state index in [9.17, 15) is 4.79 Å². The molecule has 0 aromatic carbocycles. The van der Waals surface area contributed by atoms with Gasteiger partial charge in [0.2, 0.25) is 0 Å². The molecule has 1 atom stereocenters. The summed E-state index contributed by atoms with van der Waals surface area (Å²) < 4.78 is 10.2. The Balaban J connectivity index is 3.37. The molecule has 96 valence electrons. The lowest BCUT2D eigenvalue weighted by atomic mass is 10.2. The predicted molar refractivity (Wildman–Crippen MR) is 61.6 cm³/mol. The maximum atomic E-state index is 10.8. The van der Waals surface area contributed by atoms with Gasteiger partial charge in [-0.1, -0.05) is 13.3 Å². The van der Waals surface area contributed by atoms with Gasteiger partial charge < -0.3 is 19.9 Å². The number of hydrogen-bond donors (Lipinski definition) is 2. The number of carboxylic acids is 1. The standard InChI is InChI=1S/C11H23NO4/c1-3-5-10(11(13)14)12-6-9-16-8-4-7-15-2/h10,12H,3-9H2,1-2H3,(H,13,14). The highest BCUT2D eigenvalue weighted by Crippen LogP contribution is 1.96.